The Morgan fingerprint density at radius 1 is 1.12 bits per heavy atom. The highest BCUT2D eigenvalue weighted by atomic mass is 32.1. The quantitative estimate of drug-likeness (QED) is 0.553. The molecule has 0 radical (unpaired) electrons. The van der Waals surface area contributed by atoms with Crippen LogP contribution in [-0.2, 0) is 26.6 Å². The molecule has 6 heteroatoms. The fourth-order valence-corrected chi connectivity index (χ4v) is 6.84. The van der Waals surface area contributed by atoms with E-state index < -0.39 is 7.60 Å². The van der Waals surface area contributed by atoms with Crippen LogP contribution < -0.4 is 0 Å². The van der Waals surface area contributed by atoms with Crippen LogP contribution in [-0.4, -0.2) is 23.7 Å². The van der Waals surface area contributed by atoms with Crippen molar-refractivity contribution in [3.63, 3.8) is 0 Å². The maximum Gasteiger partial charge on any atom is 0.352 e. The molecule has 0 saturated heterocycles. The third-order valence-electron chi connectivity index (χ3n) is 4.30. The normalized spacial score (nSPS) is 18.5. The summed E-state index contributed by atoms with van der Waals surface area (Å²) >= 11 is 1.73. The van der Waals surface area contributed by atoms with Crippen molar-refractivity contribution < 1.29 is 13.6 Å². The van der Waals surface area contributed by atoms with Crippen LogP contribution in [0.25, 0.3) is 0 Å². The average Bonchev–Trinajstić information content (AvgIpc) is 3.05. The van der Waals surface area contributed by atoms with Crippen molar-refractivity contribution in [2.45, 2.75) is 58.7 Å². The molecule has 0 fully saturated rings. The molecule has 142 valence electrons. The Bertz CT molecular complexity index is 746. The Labute approximate surface area is 160 Å². The molecule has 0 N–H and O–H groups in total. The number of hydrogen-bond acceptors (Lipinski definition) is 5. The fraction of sp³-hybridized carbons (Fsp3) is 0.500. The van der Waals surface area contributed by atoms with Gasteiger partial charge in [0.2, 0.25) is 0 Å². The zero-order valence-corrected chi connectivity index (χ0v) is 17.6. The molecule has 26 heavy (non-hydrogen) atoms. The van der Waals surface area contributed by atoms with Gasteiger partial charge in [0.1, 0.15) is 5.78 Å². The van der Waals surface area contributed by atoms with Crippen LogP contribution in [0.3, 0.4) is 0 Å². The van der Waals surface area contributed by atoms with Crippen LogP contribution in [0.2, 0.25) is 0 Å². The van der Waals surface area contributed by atoms with Crippen LogP contribution in [0, 0.1) is 0 Å². The molecule has 1 aromatic carbocycles. The first-order chi connectivity index (χ1) is 12.4. The lowest BCUT2D eigenvalue weighted by Gasteiger charge is -2.41. The first-order valence-corrected chi connectivity index (χ1v) is 11.7. The molecule has 1 aliphatic rings. The number of rotatable bonds is 7. The van der Waals surface area contributed by atoms with E-state index in [2.05, 4.69) is 34.5 Å². The Morgan fingerprint density at radius 3 is 2.42 bits per heavy atom. The van der Waals surface area contributed by atoms with Crippen LogP contribution in [0.5, 0.6) is 0 Å². The lowest BCUT2D eigenvalue weighted by atomic mass is 9.99. The highest BCUT2D eigenvalue weighted by molar-refractivity contribution is 7.54. The highest BCUT2D eigenvalue weighted by Crippen LogP contribution is 2.65. The average molecular weight is 393 g/mol. The maximum atomic E-state index is 14.0. The van der Waals surface area contributed by atoms with Gasteiger partial charge in [0.15, 0.2) is 0 Å². The zero-order valence-electron chi connectivity index (χ0n) is 15.9. The number of thiophene rings is 1. The third-order valence-corrected chi connectivity index (χ3v) is 7.80. The molecule has 1 aromatic heterocycles. The lowest BCUT2D eigenvalue weighted by molar-refractivity contribution is 0.106. The molecule has 0 aliphatic carbocycles. The Kier molecular flexibility index (Phi) is 6.37. The Balaban J connectivity index is 2.04. The van der Waals surface area contributed by atoms with E-state index in [4.69, 9.17) is 9.05 Å². The van der Waals surface area contributed by atoms with Gasteiger partial charge < -0.3 is 9.05 Å². The molecular weight excluding hydrogens is 365 g/mol. The first-order valence-electron chi connectivity index (χ1n) is 9.20. The van der Waals surface area contributed by atoms with Crippen LogP contribution >= 0.6 is 18.9 Å². The van der Waals surface area contributed by atoms with E-state index in [9.17, 15) is 4.57 Å². The molecule has 1 unspecified atom stereocenters. The van der Waals surface area contributed by atoms with Crippen molar-refractivity contribution in [2.75, 3.05) is 6.54 Å². The molecule has 4 nitrogen and oxygen atoms in total. The van der Waals surface area contributed by atoms with Crippen molar-refractivity contribution in [3.8, 4) is 0 Å². The van der Waals surface area contributed by atoms with Gasteiger partial charge in [-0.15, -0.1) is 11.3 Å². The largest absolute Gasteiger partial charge is 0.352 e. The van der Waals surface area contributed by atoms with E-state index in [1.165, 1.54) is 10.4 Å². The minimum Gasteiger partial charge on any atom is -0.304 e. The molecule has 2 heterocycles. The van der Waals surface area contributed by atoms with Gasteiger partial charge in [-0.25, -0.2) is 0 Å². The van der Waals surface area contributed by atoms with E-state index in [1.54, 1.807) is 11.3 Å². The summed E-state index contributed by atoms with van der Waals surface area (Å²) in [5.74, 6) is -0.376. The summed E-state index contributed by atoms with van der Waals surface area (Å²) in [6, 6.07) is 12.4. The summed E-state index contributed by atoms with van der Waals surface area (Å²) in [5, 5.41) is 2.08. The number of hydrogen-bond donors (Lipinski definition) is 0. The first kappa shape index (κ1) is 19.8. The summed E-state index contributed by atoms with van der Waals surface area (Å²) < 4.78 is 26.0. The van der Waals surface area contributed by atoms with E-state index in [0.29, 0.717) is 0 Å². The molecule has 0 spiro atoms. The molecule has 1 aliphatic heterocycles. The number of benzene rings is 1. The van der Waals surface area contributed by atoms with Gasteiger partial charge in [0, 0.05) is 18.0 Å². The smallest absolute Gasteiger partial charge is 0.304 e. The van der Waals surface area contributed by atoms with Crippen molar-refractivity contribution in [3.05, 3.63) is 57.8 Å². The molecule has 3 rings (SSSR count). The predicted octanol–water partition coefficient (Wildman–Crippen LogP) is 5.85. The SMILES string of the molecule is CC(C)OP(=O)(OC(C)C)C1c2ccccc2CCN1Cc1cccs1. The van der Waals surface area contributed by atoms with Gasteiger partial charge in [-0.3, -0.25) is 9.46 Å². The predicted molar refractivity (Wildman–Crippen MR) is 108 cm³/mol. The molecule has 0 amide bonds. The minimum atomic E-state index is -3.38. The van der Waals surface area contributed by atoms with Gasteiger partial charge in [0.25, 0.3) is 0 Å². The summed E-state index contributed by atoms with van der Waals surface area (Å²) in [6.07, 6.45) is 0.607. The lowest BCUT2D eigenvalue weighted by Crippen LogP contribution is -2.36. The fourth-order valence-electron chi connectivity index (χ4n) is 3.46. The summed E-state index contributed by atoms with van der Waals surface area (Å²) in [4.78, 5) is 3.52. The number of nitrogens with zero attached hydrogens (tertiary/aromatic N) is 1. The van der Waals surface area contributed by atoms with Crippen LogP contribution in [0.1, 0.15) is 49.5 Å². The van der Waals surface area contributed by atoms with Crippen molar-refractivity contribution in [1.82, 2.24) is 4.90 Å². The van der Waals surface area contributed by atoms with E-state index in [0.717, 1.165) is 25.1 Å². The van der Waals surface area contributed by atoms with Crippen molar-refractivity contribution in [2.24, 2.45) is 0 Å². The van der Waals surface area contributed by atoms with E-state index in [-0.39, 0.29) is 18.0 Å². The van der Waals surface area contributed by atoms with Crippen molar-refractivity contribution >= 4 is 18.9 Å². The standard InChI is InChI=1S/C20H28NO3PS/c1-15(2)23-25(22,24-16(3)4)20-19-10-6-5-8-17(19)11-12-21(20)14-18-9-7-13-26-18/h5-10,13,15-16,20H,11-12,14H2,1-4H3. The van der Waals surface area contributed by atoms with Gasteiger partial charge in [-0.1, -0.05) is 30.3 Å². The van der Waals surface area contributed by atoms with Gasteiger partial charge >= 0.3 is 7.60 Å². The van der Waals surface area contributed by atoms with Crippen LogP contribution in [0.15, 0.2) is 41.8 Å². The maximum absolute atomic E-state index is 14.0. The summed E-state index contributed by atoms with van der Waals surface area (Å²) in [5.41, 5.74) is 2.31. The second kappa shape index (κ2) is 8.37. The van der Waals surface area contributed by atoms with E-state index >= 15 is 0 Å². The van der Waals surface area contributed by atoms with Crippen molar-refractivity contribution in [1.29, 1.82) is 0 Å². The number of fused-ring (bicyclic) bond motifs is 1. The second-order valence-electron chi connectivity index (χ2n) is 7.22. The summed E-state index contributed by atoms with van der Waals surface area (Å²) in [6.45, 7) is 9.24. The zero-order chi connectivity index (χ0) is 18.7. The highest BCUT2D eigenvalue weighted by Gasteiger charge is 2.45. The van der Waals surface area contributed by atoms with E-state index in [1.807, 2.05) is 39.8 Å². The topological polar surface area (TPSA) is 38.8 Å². The Hall–Kier alpha value is -0.970. The van der Waals surface area contributed by atoms with Gasteiger partial charge in [0.05, 0.1) is 12.2 Å². The minimum absolute atomic E-state index is 0.169. The van der Waals surface area contributed by atoms with Gasteiger partial charge in [-0.05, 0) is 56.7 Å². The third kappa shape index (κ3) is 4.47. The Morgan fingerprint density at radius 2 is 1.81 bits per heavy atom. The van der Waals surface area contributed by atoms with Crippen LogP contribution in [0.4, 0.5) is 0 Å². The molecule has 1 atom stereocenters. The summed E-state index contributed by atoms with van der Waals surface area (Å²) in [7, 11) is -3.38. The second-order valence-corrected chi connectivity index (χ2v) is 10.2. The molecular formula is C20H28NO3PS. The molecule has 2 aromatic rings. The molecule has 0 saturated carbocycles. The molecule has 0 bridgehead atoms. The van der Waals surface area contributed by atoms with Gasteiger partial charge in [-0.2, -0.15) is 0 Å². The monoisotopic (exact) mass is 393 g/mol.